The highest BCUT2D eigenvalue weighted by molar-refractivity contribution is 7.99. The summed E-state index contributed by atoms with van der Waals surface area (Å²) >= 11 is 7.66. The molecular weight excluding hydrogens is 280 g/mol. The van der Waals surface area contributed by atoms with Crippen molar-refractivity contribution in [1.82, 2.24) is 9.97 Å². The minimum absolute atomic E-state index is 0.261. The first-order valence-electron chi connectivity index (χ1n) is 5.72. The second-order valence-electron chi connectivity index (χ2n) is 4.03. The third-order valence-electron chi connectivity index (χ3n) is 2.77. The SMILES string of the molecule is N#Cc1ccc(Nc2nc(Cl)nc3c2SCC3)cc1. The standard InChI is InChI=1S/C13H9ClN4S/c14-13-17-10-5-6-19-11(10)12(18-13)16-9-3-1-8(7-15)2-4-9/h1-4H,5-6H2,(H,16,17,18). The van der Waals surface area contributed by atoms with Gasteiger partial charge in [-0.05, 0) is 35.9 Å². The fraction of sp³-hybridized carbons (Fsp3) is 0.154. The Morgan fingerprint density at radius 2 is 2.05 bits per heavy atom. The Morgan fingerprint density at radius 1 is 1.26 bits per heavy atom. The zero-order valence-corrected chi connectivity index (χ0v) is 11.4. The molecule has 1 N–H and O–H groups in total. The zero-order chi connectivity index (χ0) is 13.2. The predicted octanol–water partition coefficient (Wildman–Crippen LogP) is 3.39. The number of rotatable bonds is 2. The van der Waals surface area contributed by atoms with Gasteiger partial charge in [0.25, 0.3) is 0 Å². The van der Waals surface area contributed by atoms with E-state index in [0.717, 1.165) is 34.3 Å². The van der Waals surface area contributed by atoms with Crippen LogP contribution < -0.4 is 5.32 Å². The van der Waals surface area contributed by atoms with Crippen LogP contribution in [-0.4, -0.2) is 15.7 Å². The summed E-state index contributed by atoms with van der Waals surface area (Å²) < 4.78 is 0. The summed E-state index contributed by atoms with van der Waals surface area (Å²) in [5.74, 6) is 1.74. The van der Waals surface area contributed by atoms with Crippen molar-refractivity contribution in [1.29, 1.82) is 5.26 Å². The third kappa shape index (κ3) is 2.50. The molecule has 1 aromatic carbocycles. The Morgan fingerprint density at radius 3 is 2.79 bits per heavy atom. The lowest BCUT2D eigenvalue weighted by atomic mass is 10.2. The van der Waals surface area contributed by atoms with E-state index in [0.29, 0.717) is 5.56 Å². The molecule has 0 radical (unpaired) electrons. The molecule has 0 atom stereocenters. The molecule has 2 aromatic rings. The Balaban J connectivity index is 1.93. The molecule has 94 valence electrons. The van der Waals surface area contributed by atoms with Gasteiger partial charge in [-0.15, -0.1) is 11.8 Å². The van der Waals surface area contributed by atoms with Crippen LogP contribution in [0.4, 0.5) is 11.5 Å². The fourth-order valence-corrected chi connectivity index (χ4v) is 3.12. The van der Waals surface area contributed by atoms with Gasteiger partial charge in [0.05, 0.1) is 22.2 Å². The van der Waals surface area contributed by atoms with Gasteiger partial charge in [0, 0.05) is 17.9 Å². The van der Waals surface area contributed by atoms with Crippen LogP contribution in [-0.2, 0) is 6.42 Å². The molecule has 0 unspecified atom stereocenters. The monoisotopic (exact) mass is 288 g/mol. The van der Waals surface area contributed by atoms with Crippen molar-refractivity contribution < 1.29 is 0 Å². The quantitative estimate of drug-likeness (QED) is 0.858. The van der Waals surface area contributed by atoms with Gasteiger partial charge >= 0.3 is 0 Å². The Labute approximate surface area is 119 Å². The highest BCUT2D eigenvalue weighted by Gasteiger charge is 2.19. The molecule has 1 aliphatic heterocycles. The summed E-state index contributed by atoms with van der Waals surface area (Å²) in [6.07, 6.45) is 0.921. The predicted molar refractivity (Wildman–Crippen MR) is 75.9 cm³/mol. The average molecular weight is 289 g/mol. The lowest BCUT2D eigenvalue weighted by molar-refractivity contribution is 0.980. The van der Waals surface area contributed by atoms with E-state index in [4.69, 9.17) is 16.9 Å². The van der Waals surface area contributed by atoms with Crippen molar-refractivity contribution >= 4 is 34.9 Å². The molecule has 0 saturated carbocycles. The van der Waals surface area contributed by atoms with Crippen molar-refractivity contribution in [3.63, 3.8) is 0 Å². The number of thioether (sulfide) groups is 1. The molecule has 2 heterocycles. The van der Waals surface area contributed by atoms with E-state index in [-0.39, 0.29) is 5.28 Å². The zero-order valence-electron chi connectivity index (χ0n) is 9.85. The fourth-order valence-electron chi connectivity index (χ4n) is 1.89. The minimum atomic E-state index is 0.261. The number of aryl methyl sites for hydroxylation is 1. The average Bonchev–Trinajstić information content (AvgIpc) is 2.88. The molecule has 3 rings (SSSR count). The lowest BCUT2D eigenvalue weighted by Crippen LogP contribution is -1.99. The summed E-state index contributed by atoms with van der Waals surface area (Å²) in [4.78, 5) is 9.54. The number of aromatic nitrogens is 2. The highest BCUT2D eigenvalue weighted by Crippen LogP contribution is 2.37. The number of halogens is 1. The largest absolute Gasteiger partial charge is 0.339 e. The summed E-state index contributed by atoms with van der Waals surface area (Å²) in [5.41, 5.74) is 2.51. The van der Waals surface area contributed by atoms with Crippen LogP contribution in [0.3, 0.4) is 0 Å². The molecule has 0 bridgehead atoms. The number of nitrogens with zero attached hydrogens (tertiary/aromatic N) is 3. The number of nitrogens with one attached hydrogen (secondary N) is 1. The second kappa shape index (κ2) is 5.08. The smallest absolute Gasteiger partial charge is 0.224 e. The maximum atomic E-state index is 8.77. The van der Waals surface area contributed by atoms with Crippen LogP contribution in [0.5, 0.6) is 0 Å². The molecule has 0 amide bonds. The van der Waals surface area contributed by atoms with Crippen LogP contribution in [0.1, 0.15) is 11.3 Å². The van der Waals surface area contributed by atoms with E-state index >= 15 is 0 Å². The summed E-state index contributed by atoms with van der Waals surface area (Å²) in [6, 6.07) is 9.31. The Bertz CT molecular complexity index is 664. The number of nitriles is 1. The van der Waals surface area contributed by atoms with Gasteiger partial charge in [0.2, 0.25) is 5.28 Å². The van der Waals surface area contributed by atoms with Crippen molar-refractivity contribution in [2.45, 2.75) is 11.3 Å². The summed E-state index contributed by atoms with van der Waals surface area (Å²) in [6.45, 7) is 0. The molecule has 0 saturated heterocycles. The van der Waals surface area contributed by atoms with Gasteiger partial charge in [-0.3, -0.25) is 0 Å². The topological polar surface area (TPSA) is 61.6 Å². The normalized spacial score (nSPS) is 12.8. The van der Waals surface area contributed by atoms with E-state index in [1.807, 2.05) is 12.1 Å². The van der Waals surface area contributed by atoms with E-state index in [2.05, 4.69) is 21.4 Å². The number of hydrogen-bond donors (Lipinski definition) is 1. The first-order chi connectivity index (χ1) is 9.26. The minimum Gasteiger partial charge on any atom is -0.339 e. The molecule has 0 aliphatic carbocycles. The molecule has 6 heteroatoms. The number of benzene rings is 1. The van der Waals surface area contributed by atoms with E-state index < -0.39 is 0 Å². The molecule has 1 aliphatic rings. The second-order valence-corrected chi connectivity index (χ2v) is 5.47. The maximum absolute atomic E-state index is 8.77. The van der Waals surface area contributed by atoms with Crippen molar-refractivity contribution in [2.24, 2.45) is 0 Å². The number of fused-ring (bicyclic) bond motifs is 1. The lowest BCUT2D eigenvalue weighted by Gasteiger charge is -2.09. The molecule has 19 heavy (non-hydrogen) atoms. The van der Waals surface area contributed by atoms with Crippen LogP contribution >= 0.6 is 23.4 Å². The summed E-state index contributed by atoms with van der Waals surface area (Å²) in [7, 11) is 0. The Hall–Kier alpha value is -1.77. The van der Waals surface area contributed by atoms with Gasteiger partial charge in [-0.2, -0.15) is 10.2 Å². The summed E-state index contributed by atoms with van der Waals surface area (Å²) in [5, 5.41) is 12.3. The van der Waals surface area contributed by atoms with E-state index in [1.165, 1.54) is 0 Å². The van der Waals surface area contributed by atoms with Gasteiger partial charge in [0.15, 0.2) is 0 Å². The van der Waals surface area contributed by atoms with Gasteiger partial charge in [-0.25, -0.2) is 4.98 Å². The molecule has 0 fully saturated rings. The number of anilines is 2. The van der Waals surface area contributed by atoms with Crippen molar-refractivity contribution in [3.8, 4) is 6.07 Å². The Kier molecular flexibility index (Phi) is 3.28. The highest BCUT2D eigenvalue weighted by atomic mass is 35.5. The molecular formula is C13H9ClN4S. The molecule has 4 nitrogen and oxygen atoms in total. The molecule has 1 aromatic heterocycles. The van der Waals surface area contributed by atoms with Gasteiger partial charge in [0.1, 0.15) is 5.82 Å². The van der Waals surface area contributed by atoms with Crippen LogP contribution in [0, 0.1) is 11.3 Å². The van der Waals surface area contributed by atoms with Crippen molar-refractivity contribution in [3.05, 3.63) is 40.8 Å². The first kappa shape index (κ1) is 12.3. The molecule has 0 spiro atoms. The van der Waals surface area contributed by atoms with E-state index in [9.17, 15) is 0 Å². The van der Waals surface area contributed by atoms with Gasteiger partial charge in [-0.1, -0.05) is 0 Å². The first-order valence-corrected chi connectivity index (χ1v) is 7.09. The van der Waals surface area contributed by atoms with Gasteiger partial charge < -0.3 is 5.32 Å². The number of hydrogen-bond acceptors (Lipinski definition) is 5. The third-order valence-corrected chi connectivity index (χ3v) is 4.07. The van der Waals surface area contributed by atoms with Crippen LogP contribution in [0.15, 0.2) is 29.2 Å². The van der Waals surface area contributed by atoms with E-state index in [1.54, 1.807) is 23.9 Å². The van der Waals surface area contributed by atoms with Crippen LogP contribution in [0.25, 0.3) is 0 Å². The van der Waals surface area contributed by atoms with Crippen molar-refractivity contribution in [2.75, 3.05) is 11.1 Å². The maximum Gasteiger partial charge on any atom is 0.224 e. The van der Waals surface area contributed by atoms with Crippen LogP contribution in [0.2, 0.25) is 5.28 Å².